The third kappa shape index (κ3) is 60.9. The second kappa shape index (κ2) is 75.8. The highest BCUT2D eigenvalue weighted by Crippen LogP contribution is 2.43. The lowest BCUT2D eigenvalue weighted by atomic mass is 9.82. The maximum absolute atomic E-state index is 13.1. The van der Waals surface area contributed by atoms with Crippen LogP contribution < -0.4 is 18.9 Å². The molecular formula is C102H124F36O10. The molecule has 0 bridgehead atoms. The van der Waals surface area contributed by atoms with Crippen molar-refractivity contribution in [3.8, 4) is 23.0 Å². The van der Waals surface area contributed by atoms with Gasteiger partial charge < -0.3 is 47.4 Å². The summed E-state index contributed by atoms with van der Waals surface area (Å²) in [5.41, 5.74) is -2.22. The third-order valence-corrected chi connectivity index (χ3v) is 18.5. The molecule has 2 saturated carbocycles. The molecule has 2 aliphatic carbocycles. The van der Waals surface area contributed by atoms with E-state index in [-0.39, 0.29) is 101 Å². The van der Waals surface area contributed by atoms with Crippen molar-refractivity contribution in [3.05, 3.63) is 259 Å². The van der Waals surface area contributed by atoms with Gasteiger partial charge in [0.2, 0.25) is 17.5 Å². The minimum Gasteiger partial charge on any atom is -0.494 e. The summed E-state index contributed by atoms with van der Waals surface area (Å²) in [4.78, 5) is 0. The molecule has 0 saturated heterocycles. The molecule has 2 aliphatic rings. The van der Waals surface area contributed by atoms with Gasteiger partial charge in [0.1, 0.15) is 28.7 Å². The van der Waals surface area contributed by atoms with Crippen LogP contribution in [-0.2, 0) is 61.0 Å². The van der Waals surface area contributed by atoms with E-state index in [1.807, 2.05) is 97.0 Å². The molecule has 0 heterocycles. The molecule has 148 heavy (non-hydrogen) atoms. The number of para-hydroxylation sites is 1. The van der Waals surface area contributed by atoms with Gasteiger partial charge in [-0.1, -0.05) is 118 Å². The Balaban J connectivity index is 0. The predicted molar refractivity (Wildman–Crippen MR) is 483 cm³/mol. The van der Waals surface area contributed by atoms with Gasteiger partial charge in [-0.05, 0) is 163 Å². The summed E-state index contributed by atoms with van der Waals surface area (Å²) < 4.78 is 491. The highest BCUT2D eigenvalue weighted by atomic mass is 19.4. The van der Waals surface area contributed by atoms with Gasteiger partial charge in [-0.15, -0.1) is 0 Å². The zero-order valence-electron chi connectivity index (χ0n) is 83.2. The van der Waals surface area contributed by atoms with Crippen molar-refractivity contribution in [3.63, 3.8) is 0 Å². The lowest BCUT2D eigenvalue weighted by Crippen LogP contribution is -2.30. The number of benzene rings is 8. The standard InChI is InChI=1S/C11H19F3O.C10H7F7O.2C10H10F4O.C10H17F3O.C10H11F3O.C10H14O.2C9H9F3O.C9H12O.2C2H3F3/c1-2-7-15-8-9-3-5-10(6-4-9)11(12,13)14;1-2-3-18-9-7(13)5(11)4(10(15,16)17)6(12)8(9)14;1-2-3-15-5-6-7(11)4-8(12)10(14)9(6)13;1-2-3-15-5-6-4-7(11)9(13)10(14)8(6)12;1-2-7-14-9-5-3-8(4-6-9)10(11,12)13;1-2-3-14-6-7-4-9(12)10(13)5-8(7)11;1-2-8-11-9-10-6-4-3-5-7-10;1-2-5-13-7-4-3-6(10)8(11)9(7)12;1-2-3-13-6-4-7(10)9(12)8(11)5-6;1-2-8-10-9-6-4-3-5-7-9;2*1-2(3,4)5/h9-10H,2-8H2,1H3;2-3H2,1H3;2*4H,2-3,5H2,1H3;8-9H,2-7H2,1H3;4-5H,2-3,6H2,1H3;3-7H,2,8-9H2,1H3;3-4H,2,5H2,1H3;4-5H,2-3H2,1H3;3-7H,2,8H2,1H3;2*1H3. The predicted octanol–water partition coefficient (Wildman–Crippen LogP) is 34.7. The van der Waals surface area contributed by atoms with E-state index in [9.17, 15) is 158 Å². The van der Waals surface area contributed by atoms with Crippen molar-refractivity contribution in [1.82, 2.24) is 0 Å². The fourth-order valence-electron chi connectivity index (χ4n) is 11.5. The quantitative estimate of drug-likeness (QED) is 0.0165. The largest absolute Gasteiger partial charge is 0.494 e. The Hall–Kier alpha value is -9.80. The van der Waals surface area contributed by atoms with E-state index in [1.54, 1.807) is 0 Å². The van der Waals surface area contributed by atoms with E-state index >= 15 is 0 Å². The van der Waals surface area contributed by atoms with E-state index in [4.69, 9.17) is 42.6 Å². The van der Waals surface area contributed by atoms with Crippen molar-refractivity contribution in [2.24, 2.45) is 17.8 Å². The van der Waals surface area contributed by atoms with Crippen molar-refractivity contribution in [2.75, 3.05) is 72.7 Å². The lowest BCUT2D eigenvalue weighted by Gasteiger charge is -2.29. The number of hydrogen-bond donors (Lipinski definition) is 0. The van der Waals surface area contributed by atoms with Crippen molar-refractivity contribution < 1.29 is 205 Å². The van der Waals surface area contributed by atoms with Crippen LogP contribution in [0, 0.1) is 140 Å². The van der Waals surface area contributed by atoms with Gasteiger partial charge in [-0.2, -0.15) is 79.0 Å². The Morgan fingerprint density at radius 3 is 1.07 bits per heavy atom. The van der Waals surface area contributed by atoms with Crippen LogP contribution in [0.3, 0.4) is 0 Å². The minimum absolute atomic E-state index is 0.0123. The number of halogens is 36. The smallest absolute Gasteiger partial charge is 0.422 e. The zero-order valence-corrected chi connectivity index (χ0v) is 83.2. The fourth-order valence-corrected chi connectivity index (χ4v) is 11.5. The average molecular weight is 2190 g/mol. The van der Waals surface area contributed by atoms with E-state index < -0.39 is 188 Å². The Bertz CT molecular complexity index is 4800. The van der Waals surface area contributed by atoms with E-state index in [2.05, 4.69) is 30.7 Å². The SMILES string of the molecule is CC(F)(F)F.CC(F)(F)F.CCCOC1CCC(C(F)(F)F)CC1.CCCOCC1CCC(C(F)(F)F)CC1.CCCOCc1c(F)cc(F)c(F)c1F.CCCOCc1cc(F)c(F)c(F)c1F.CCCOCc1cc(F)c(F)cc1F.CCCOCc1ccccc1.CCCOc1c(F)c(F)c(C(F)(F)F)c(F)c1F.CCCOc1cc(F)c(F)c(F)c1.CCCOc1ccc(F)c(F)c1F.CCCOc1ccccc1. The first-order valence-corrected chi connectivity index (χ1v) is 46.6. The van der Waals surface area contributed by atoms with Crippen molar-refractivity contribution in [1.29, 1.82) is 0 Å². The molecule has 0 atom stereocenters. The first-order chi connectivity index (χ1) is 69.3. The number of rotatable bonds is 35. The van der Waals surface area contributed by atoms with Crippen molar-refractivity contribution >= 4 is 0 Å². The fraction of sp³-hybridized carbons (Fsp3) is 0.529. The van der Waals surface area contributed by atoms with Gasteiger partial charge in [0.15, 0.2) is 105 Å². The van der Waals surface area contributed by atoms with Crippen LogP contribution in [0.2, 0.25) is 0 Å². The van der Waals surface area contributed by atoms with Crippen LogP contribution in [-0.4, -0.2) is 103 Å². The number of hydrogen-bond acceptors (Lipinski definition) is 10. The van der Waals surface area contributed by atoms with Gasteiger partial charge in [0.25, 0.3) is 0 Å². The highest BCUT2D eigenvalue weighted by Gasteiger charge is 2.45. The molecule has 8 aromatic rings. The Labute approximate surface area is 837 Å². The van der Waals surface area contributed by atoms with Crippen LogP contribution in [0.1, 0.15) is 226 Å². The summed E-state index contributed by atoms with van der Waals surface area (Å²) in [6, 6.07) is 25.9. The summed E-state index contributed by atoms with van der Waals surface area (Å²) in [5.74, 6) is -35.2. The molecule has 10 nitrogen and oxygen atoms in total. The Morgan fingerprint density at radius 1 is 0.264 bits per heavy atom. The van der Waals surface area contributed by atoms with Crippen LogP contribution in [0.5, 0.6) is 23.0 Å². The maximum atomic E-state index is 13.1. The second-order valence-corrected chi connectivity index (χ2v) is 31.8. The third-order valence-electron chi connectivity index (χ3n) is 18.5. The number of ether oxygens (including phenoxy) is 10. The van der Waals surface area contributed by atoms with Crippen LogP contribution in [0.15, 0.2) is 109 Å². The second-order valence-electron chi connectivity index (χ2n) is 31.8. The van der Waals surface area contributed by atoms with Gasteiger partial charge in [0.05, 0.1) is 76.4 Å². The summed E-state index contributed by atoms with van der Waals surface area (Å²) >= 11 is 0. The van der Waals surface area contributed by atoms with Gasteiger partial charge in [0, 0.05) is 95.5 Å². The van der Waals surface area contributed by atoms with Crippen LogP contribution >= 0.6 is 0 Å². The molecule has 8 aromatic carbocycles. The van der Waals surface area contributed by atoms with Crippen LogP contribution in [0.25, 0.3) is 0 Å². The van der Waals surface area contributed by atoms with E-state index in [0.717, 1.165) is 101 Å². The molecule has 0 N–H and O–H groups in total. The first-order valence-electron chi connectivity index (χ1n) is 46.6. The molecule has 844 valence electrons. The van der Waals surface area contributed by atoms with E-state index in [0.29, 0.717) is 109 Å². The Morgan fingerprint density at radius 2 is 0.622 bits per heavy atom. The zero-order chi connectivity index (χ0) is 113. The molecule has 0 aromatic heterocycles. The molecular weight excluding hydrogens is 2070 g/mol. The van der Waals surface area contributed by atoms with Gasteiger partial charge >= 0.3 is 30.9 Å². The topological polar surface area (TPSA) is 92.3 Å². The lowest BCUT2D eigenvalue weighted by molar-refractivity contribution is -0.187. The molecule has 0 unspecified atom stereocenters. The monoisotopic (exact) mass is 2190 g/mol. The van der Waals surface area contributed by atoms with Gasteiger partial charge in [-0.25, -0.2) is 79.0 Å². The summed E-state index contributed by atoms with van der Waals surface area (Å²) in [5, 5.41) is 0. The minimum atomic E-state index is -5.54. The molecule has 2 fully saturated rings. The Kier molecular flexibility index (Phi) is 71.9. The summed E-state index contributed by atoms with van der Waals surface area (Å²) in [6.45, 7) is 24.6. The molecule has 10 rings (SSSR count). The normalized spacial score (nSPS) is 14.2. The molecule has 46 heteroatoms. The maximum Gasteiger partial charge on any atom is 0.422 e. The van der Waals surface area contributed by atoms with Crippen molar-refractivity contribution in [2.45, 2.75) is 262 Å². The first kappa shape index (κ1) is 140. The van der Waals surface area contributed by atoms with Crippen LogP contribution in [0.4, 0.5) is 158 Å². The highest BCUT2D eigenvalue weighted by molar-refractivity contribution is 5.36. The van der Waals surface area contributed by atoms with Gasteiger partial charge in [-0.3, -0.25) is 0 Å². The molecule has 0 radical (unpaired) electrons. The number of alkyl halides is 15. The van der Waals surface area contributed by atoms with E-state index in [1.165, 1.54) is 12.5 Å². The molecule has 0 aliphatic heterocycles. The average Bonchev–Trinajstić information content (AvgIpc) is 0.767. The summed E-state index contributed by atoms with van der Waals surface area (Å²) in [6.07, 6.45) is -10.1. The molecule has 0 amide bonds. The molecule has 0 spiro atoms. The summed E-state index contributed by atoms with van der Waals surface area (Å²) in [7, 11) is 0.